The van der Waals surface area contributed by atoms with Gasteiger partial charge in [-0.3, -0.25) is 13.9 Å². The number of unbranched alkanes of at least 4 members (excludes halogenated alkanes) is 1. The number of ether oxygens (including phenoxy) is 2. The molecule has 9 nitrogen and oxygen atoms in total. The molecule has 11 heteroatoms. The van der Waals surface area contributed by atoms with Gasteiger partial charge in [-0.05, 0) is 47.9 Å². The summed E-state index contributed by atoms with van der Waals surface area (Å²) in [4.78, 5) is 29.9. The van der Waals surface area contributed by atoms with Crippen LogP contribution >= 0.6 is 11.6 Å². The van der Waals surface area contributed by atoms with Crippen molar-refractivity contribution in [3.8, 4) is 11.5 Å². The largest absolute Gasteiger partial charge is 0.486 e. The zero-order valence-corrected chi connectivity index (χ0v) is 27.8. The average molecular weight is 676 g/mol. The Morgan fingerprint density at radius 3 is 2.23 bits per heavy atom. The van der Waals surface area contributed by atoms with Crippen molar-refractivity contribution in [3.63, 3.8) is 0 Å². The molecule has 0 aliphatic carbocycles. The van der Waals surface area contributed by atoms with Gasteiger partial charge in [0.25, 0.3) is 10.0 Å². The molecule has 0 bridgehead atoms. The van der Waals surface area contributed by atoms with Crippen LogP contribution in [-0.4, -0.2) is 57.5 Å². The zero-order chi connectivity index (χ0) is 33.2. The van der Waals surface area contributed by atoms with Crippen LogP contribution in [0.1, 0.15) is 30.9 Å². The van der Waals surface area contributed by atoms with Crippen LogP contribution in [0.2, 0.25) is 5.02 Å². The maximum Gasteiger partial charge on any atom is 0.264 e. The first-order valence-electron chi connectivity index (χ1n) is 15.6. The van der Waals surface area contributed by atoms with Gasteiger partial charge in [-0.25, -0.2) is 8.42 Å². The molecule has 4 aromatic rings. The number of hydrogen-bond acceptors (Lipinski definition) is 6. The van der Waals surface area contributed by atoms with Crippen molar-refractivity contribution in [1.82, 2.24) is 10.2 Å². The zero-order valence-electron chi connectivity index (χ0n) is 26.2. The van der Waals surface area contributed by atoms with Crippen molar-refractivity contribution in [2.24, 2.45) is 0 Å². The normalized spacial score (nSPS) is 13.0. The molecule has 0 radical (unpaired) electrons. The molecule has 1 aliphatic rings. The molecule has 0 saturated heterocycles. The summed E-state index contributed by atoms with van der Waals surface area (Å²) in [5.41, 5.74) is 1.69. The van der Waals surface area contributed by atoms with Crippen molar-refractivity contribution in [1.29, 1.82) is 0 Å². The Balaban J connectivity index is 1.58. The number of fused-ring (bicyclic) bond motifs is 1. The molecule has 47 heavy (non-hydrogen) atoms. The topological polar surface area (TPSA) is 105 Å². The van der Waals surface area contributed by atoms with Gasteiger partial charge in [-0.2, -0.15) is 0 Å². The quantitative estimate of drug-likeness (QED) is 0.168. The molecular formula is C36H38ClN3O6S. The van der Waals surface area contributed by atoms with Gasteiger partial charge < -0.3 is 19.7 Å². The summed E-state index contributed by atoms with van der Waals surface area (Å²) in [6.45, 7) is 2.55. The number of carbonyl (C=O) groups excluding carboxylic acids is 2. The molecule has 1 atom stereocenters. The minimum Gasteiger partial charge on any atom is -0.486 e. The first-order valence-corrected chi connectivity index (χ1v) is 17.4. The lowest BCUT2D eigenvalue weighted by Crippen LogP contribution is -2.53. The standard InChI is InChI=1S/C36H38ClN3O6S/c1-2-3-20-38-36(42)32(23-27-12-6-4-7-13-27)39(25-28-14-10-11-17-31(28)37)35(41)26-40(47(43,44)30-15-8-5-9-16-30)29-18-19-33-34(24-29)46-22-21-45-33/h4-19,24,32H,2-3,20-23,25-26H2,1H3,(H,38,42)/t32-/m0/s1. The van der Waals surface area contributed by atoms with Crippen molar-refractivity contribution in [2.75, 3.05) is 30.6 Å². The minimum absolute atomic E-state index is 0.0125. The van der Waals surface area contributed by atoms with E-state index in [1.165, 1.54) is 17.0 Å². The lowest BCUT2D eigenvalue weighted by molar-refractivity contribution is -0.140. The van der Waals surface area contributed by atoms with Crippen LogP contribution in [0.25, 0.3) is 0 Å². The van der Waals surface area contributed by atoms with Crippen LogP contribution in [-0.2, 0) is 32.6 Å². The first-order chi connectivity index (χ1) is 22.8. The fourth-order valence-corrected chi connectivity index (χ4v) is 6.93. The highest BCUT2D eigenvalue weighted by Gasteiger charge is 2.35. The summed E-state index contributed by atoms with van der Waals surface area (Å²) in [6.07, 6.45) is 1.87. The molecule has 1 heterocycles. The van der Waals surface area contributed by atoms with E-state index < -0.39 is 28.5 Å². The van der Waals surface area contributed by atoms with E-state index in [0.29, 0.717) is 41.8 Å². The van der Waals surface area contributed by atoms with E-state index in [2.05, 4.69) is 5.32 Å². The Labute approximate surface area is 281 Å². The molecule has 4 aromatic carbocycles. The number of sulfonamides is 1. The van der Waals surface area contributed by atoms with Crippen LogP contribution in [0.4, 0.5) is 5.69 Å². The molecule has 0 fully saturated rings. The van der Waals surface area contributed by atoms with E-state index in [1.807, 2.05) is 37.3 Å². The summed E-state index contributed by atoms with van der Waals surface area (Å²) in [5, 5.41) is 3.41. The summed E-state index contributed by atoms with van der Waals surface area (Å²) in [7, 11) is -4.25. The van der Waals surface area contributed by atoms with Gasteiger partial charge >= 0.3 is 0 Å². The molecule has 2 amide bonds. The Hall–Kier alpha value is -4.54. The lowest BCUT2D eigenvalue weighted by atomic mass is 10.0. The fourth-order valence-electron chi connectivity index (χ4n) is 5.31. The van der Waals surface area contributed by atoms with Gasteiger partial charge in [0, 0.05) is 30.6 Å². The summed E-state index contributed by atoms with van der Waals surface area (Å²) >= 11 is 6.57. The van der Waals surface area contributed by atoms with Crippen LogP contribution < -0.4 is 19.1 Å². The predicted molar refractivity (Wildman–Crippen MR) is 182 cm³/mol. The molecule has 1 aliphatic heterocycles. The lowest BCUT2D eigenvalue weighted by Gasteiger charge is -2.34. The number of amides is 2. The Kier molecular flexibility index (Phi) is 11.4. The Morgan fingerprint density at radius 2 is 1.53 bits per heavy atom. The van der Waals surface area contributed by atoms with Gasteiger partial charge in [0.1, 0.15) is 25.8 Å². The summed E-state index contributed by atoms with van der Waals surface area (Å²) in [5.74, 6) is -0.0552. The number of nitrogens with zero attached hydrogens (tertiary/aromatic N) is 2. The maximum atomic E-state index is 14.6. The van der Waals surface area contributed by atoms with Crippen LogP contribution in [0, 0.1) is 0 Å². The van der Waals surface area contributed by atoms with E-state index >= 15 is 0 Å². The van der Waals surface area contributed by atoms with Crippen molar-refractivity contribution in [3.05, 3.63) is 119 Å². The van der Waals surface area contributed by atoms with Crippen LogP contribution in [0.3, 0.4) is 0 Å². The molecule has 0 unspecified atom stereocenters. The van der Waals surface area contributed by atoms with Crippen LogP contribution in [0.15, 0.2) is 108 Å². The molecule has 246 valence electrons. The van der Waals surface area contributed by atoms with E-state index in [0.717, 1.165) is 22.7 Å². The number of anilines is 1. The second-order valence-corrected chi connectivity index (χ2v) is 13.4. The average Bonchev–Trinajstić information content (AvgIpc) is 3.10. The Morgan fingerprint density at radius 1 is 0.872 bits per heavy atom. The third kappa shape index (κ3) is 8.44. The number of carbonyl (C=O) groups is 2. The highest BCUT2D eigenvalue weighted by atomic mass is 35.5. The molecule has 0 aromatic heterocycles. The monoisotopic (exact) mass is 675 g/mol. The van der Waals surface area contributed by atoms with Crippen LogP contribution in [0.5, 0.6) is 11.5 Å². The molecular weight excluding hydrogens is 638 g/mol. The van der Waals surface area contributed by atoms with Crippen molar-refractivity contribution >= 4 is 39.1 Å². The fraction of sp³-hybridized carbons (Fsp3) is 0.278. The minimum atomic E-state index is -4.25. The summed E-state index contributed by atoms with van der Waals surface area (Å²) in [6, 6.07) is 28.2. The van der Waals surface area contributed by atoms with Gasteiger partial charge in [-0.1, -0.05) is 91.7 Å². The third-order valence-electron chi connectivity index (χ3n) is 7.82. The van der Waals surface area contributed by atoms with Crippen molar-refractivity contribution < 1.29 is 27.5 Å². The second-order valence-electron chi connectivity index (χ2n) is 11.1. The number of rotatable bonds is 14. The second kappa shape index (κ2) is 15.8. The highest BCUT2D eigenvalue weighted by Crippen LogP contribution is 2.36. The molecule has 0 spiro atoms. The van der Waals surface area contributed by atoms with Gasteiger partial charge in [0.15, 0.2) is 11.5 Å². The number of halogens is 1. The van der Waals surface area contributed by atoms with E-state index in [9.17, 15) is 18.0 Å². The third-order valence-corrected chi connectivity index (χ3v) is 9.98. The molecule has 5 rings (SSSR count). The SMILES string of the molecule is CCCCNC(=O)[C@H](Cc1ccccc1)N(Cc1ccccc1Cl)C(=O)CN(c1ccc2c(c1)OCCO2)S(=O)(=O)c1ccccc1. The number of hydrogen-bond donors (Lipinski definition) is 1. The number of nitrogens with one attached hydrogen (secondary N) is 1. The van der Waals surface area contributed by atoms with E-state index in [1.54, 1.807) is 60.7 Å². The summed E-state index contributed by atoms with van der Waals surface area (Å²) < 4.78 is 40.9. The van der Waals surface area contributed by atoms with Gasteiger partial charge in [-0.15, -0.1) is 0 Å². The van der Waals surface area contributed by atoms with E-state index in [4.69, 9.17) is 21.1 Å². The smallest absolute Gasteiger partial charge is 0.264 e. The molecule has 0 saturated carbocycles. The van der Waals surface area contributed by atoms with E-state index in [-0.39, 0.29) is 29.5 Å². The van der Waals surface area contributed by atoms with Gasteiger partial charge in [0.05, 0.1) is 10.6 Å². The highest BCUT2D eigenvalue weighted by molar-refractivity contribution is 7.92. The van der Waals surface area contributed by atoms with Gasteiger partial charge in [0.2, 0.25) is 11.8 Å². The molecule has 1 N–H and O–H groups in total. The predicted octanol–water partition coefficient (Wildman–Crippen LogP) is 5.86. The Bertz CT molecular complexity index is 1770. The first kappa shape index (κ1) is 33.8. The van der Waals surface area contributed by atoms with Crippen molar-refractivity contribution in [2.45, 2.75) is 43.7 Å². The maximum absolute atomic E-state index is 14.6. The number of benzene rings is 4.